The van der Waals surface area contributed by atoms with E-state index in [4.69, 9.17) is 14.2 Å². The van der Waals surface area contributed by atoms with E-state index in [1.54, 1.807) is 7.11 Å². The molecular formula is C21H24O5. The van der Waals surface area contributed by atoms with E-state index in [-0.39, 0.29) is 25.2 Å². The van der Waals surface area contributed by atoms with Crippen molar-refractivity contribution in [2.24, 2.45) is 5.92 Å². The van der Waals surface area contributed by atoms with Gasteiger partial charge in [-0.1, -0.05) is 48.5 Å². The predicted molar refractivity (Wildman–Crippen MR) is 95.9 cm³/mol. The van der Waals surface area contributed by atoms with Crippen LogP contribution in [0.1, 0.15) is 28.2 Å². The molecule has 0 unspecified atom stereocenters. The SMILES string of the molecule is COCCOCOC12c3ccccc3C(c3ccccc31)[C@H](CO)[C@@H]2O. The molecule has 3 aliphatic rings. The monoisotopic (exact) mass is 356 g/mol. The molecule has 5 heteroatoms. The minimum Gasteiger partial charge on any atom is -0.396 e. The third-order valence-electron chi connectivity index (χ3n) is 5.65. The number of aliphatic hydroxyl groups is 2. The zero-order chi connectivity index (χ0) is 18.1. The van der Waals surface area contributed by atoms with Gasteiger partial charge in [-0.25, -0.2) is 0 Å². The van der Waals surface area contributed by atoms with Crippen LogP contribution in [-0.4, -0.2) is 50.0 Å². The molecule has 0 saturated carbocycles. The number of ether oxygens (including phenoxy) is 3. The molecule has 2 atom stereocenters. The second kappa shape index (κ2) is 7.10. The highest BCUT2D eigenvalue weighted by Crippen LogP contribution is 2.58. The number of rotatable bonds is 7. The fourth-order valence-corrected chi connectivity index (χ4v) is 4.57. The van der Waals surface area contributed by atoms with Crippen LogP contribution in [0, 0.1) is 5.92 Å². The fourth-order valence-electron chi connectivity index (χ4n) is 4.57. The normalized spacial score (nSPS) is 28.7. The van der Waals surface area contributed by atoms with Crippen LogP contribution in [0.4, 0.5) is 0 Å². The first-order valence-corrected chi connectivity index (χ1v) is 8.94. The molecule has 2 aromatic rings. The Bertz CT molecular complexity index is 727. The molecule has 2 bridgehead atoms. The first-order chi connectivity index (χ1) is 12.8. The van der Waals surface area contributed by atoms with Gasteiger partial charge in [-0.3, -0.25) is 0 Å². The van der Waals surface area contributed by atoms with E-state index in [2.05, 4.69) is 12.1 Å². The third-order valence-corrected chi connectivity index (χ3v) is 5.65. The van der Waals surface area contributed by atoms with Gasteiger partial charge in [0.15, 0.2) is 0 Å². The van der Waals surface area contributed by atoms with E-state index in [1.807, 2.05) is 36.4 Å². The molecule has 5 rings (SSSR count). The summed E-state index contributed by atoms with van der Waals surface area (Å²) in [6.45, 7) is 0.821. The van der Waals surface area contributed by atoms with Gasteiger partial charge in [0, 0.05) is 25.6 Å². The summed E-state index contributed by atoms with van der Waals surface area (Å²) in [6.07, 6.45) is -0.853. The summed E-state index contributed by atoms with van der Waals surface area (Å²) < 4.78 is 16.8. The topological polar surface area (TPSA) is 68.2 Å². The minimum atomic E-state index is -1.04. The van der Waals surface area contributed by atoms with Gasteiger partial charge >= 0.3 is 0 Å². The van der Waals surface area contributed by atoms with Gasteiger partial charge in [0.05, 0.1) is 19.3 Å². The maximum atomic E-state index is 11.2. The predicted octanol–water partition coefficient (Wildman–Crippen LogP) is 2.00. The summed E-state index contributed by atoms with van der Waals surface area (Å²) in [5.41, 5.74) is 3.08. The second-order valence-corrected chi connectivity index (χ2v) is 6.84. The molecule has 0 fully saturated rings. The van der Waals surface area contributed by atoms with Gasteiger partial charge in [0.1, 0.15) is 12.4 Å². The van der Waals surface area contributed by atoms with E-state index < -0.39 is 11.7 Å². The molecule has 0 radical (unpaired) electrons. The maximum Gasteiger partial charge on any atom is 0.148 e. The Morgan fingerprint density at radius 3 is 2.15 bits per heavy atom. The first-order valence-electron chi connectivity index (χ1n) is 8.94. The summed E-state index contributed by atoms with van der Waals surface area (Å²) in [5.74, 6) is -0.360. The summed E-state index contributed by atoms with van der Waals surface area (Å²) in [6, 6.07) is 16.0. The summed E-state index contributed by atoms with van der Waals surface area (Å²) in [4.78, 5) is 0. The fraction of sp³-hybridized carbons (Fsp3) is 0.429. The van der Waals surface area contributed by atoms with E-state index in [0.717, 1.165) is 22.3 Å². The molecule has 2 aromatic carbocycles. The van der Waals surface area contributed by atoms with Crippen molar-refractivity contribution in [2.45, 2.75) is 17.6 Å². The van der Waals surface area contributed by atoms with Crippen molar-refractivity contribution >= 4 is 0 Å². The third kappa shape index (κ3) is 2.43. The summed E-state index contributed by atoms with van der Waals surface area (Å²) >= 11 is 0. The quantitative estimate of drug-likeness (QED) is 0.587. The Balaban J connectivity index is 1.81. The van der Waals surface area contributed by atoms with Crippen molar-refractivity contribution in [3.05, 3.63) is 70.8 Å². The molecule has 0 heterocycles. The molecule has 138 valence electrons. The van der Waals surface area contributed by atoms with Crippen LogP contribution in [0.5, 0.6) is 0 Å². The molecule has 0 aliphatic heterocycles. The molecule has 2 N–H and O–H groups in total. The van der Waals surface area contributed by atoms with Crippen LogP contribution in [-0.2, 0) is 19.8 Å². The van der Waals surface area contributed by atoms with Crippen molar-refractivity contribution in [3.8, 4) is 0 Å². The van der Waals surface area contributed by atoms with Crippen molar-refractivity contribution < 1.29 is 24.4 Å². The molecule has 3 aliphatic carbocycles. The van der Waals surface area contributed by atoms with Crippen molar-refractivity contribution in [2.75, 3.05) is 33.7 Å². The number of hydrogen-bond donors (Lipinski definition) is 2. The van der Waals surface area contributed by atoms with Gasteiger partial charge < -0.3 is 24.4 Å². The van der Waals surface area contributed by atoms with Crippen molar-refractivity contribution in [1.82, 2.24) is 0 Å². The number of hydrogen-bond acceptors (Lipinski definition) is 5. The lowest BCUT2D eigenvalue weighted by Crippen LogP contribution is -2.58. The van der Waals surface area contributed by atoms with Gasteiger partial charge in [0.2, 0.25) is 0 Å². The van der Waals surface area contributed by atoms with E-state index in [0.29, 0.717) is 13.2 Å². The van der Waals surface area contributed by atoms with Gasteiger partial charge in [-0.2, -0.15) is 0 Å². The van der Waals surface area contributed by atoms with E-state index >= 15 is 0 Å². The Hall–Kier alpha value is -1.76. The lowest BCUT2D eigenvalue weighted by molar-refractivity contribution is -0.199. The Morgan fingerprint density at radius 1 is 0.962 bits per heavy atom. The molecule has 0 amide bonds. The van der Waals surface area contributed by atoms with Crippen LogP contribution in [0.15, 0.2) is 48.5 Å². The number of benzene rings is 2. The van der Waals surface area contributed by atoms with E-state index in [9.17, 15) is 10.2 Å². The van der Waals surface area contributed by atoms with Gasteiger partial charge in [0.25, 0.3) is 0 Å². The minimum absolute atomic E-state index is 0.0336. The Morgan fingerprint density at radius 2 is 1.58 bits per heavy atom. The molecular weight excluding hydrogens is 332 g/mol. The molecule has 5 nitrogen and oxygen atoms in total. The smallest absolute Gasteiger partial charge is 0.148 e. The van der Waals surface area contributed by atoms with Crippen LogP contribution in [0.2, 0.25) is 0 Å². The van der Waals surface area contributed by atoms with Crippen molar-refractivity contribution in [1.29, 1.82) is 0 Å². The zero-order valence-corrected chi connectivity index (χ0v) is 14.8. The summed E-state index contributed by atoms with van der Waals surface area (Å²) in [7, 11) is 1.62. The molecule has 0 saturated heterocycles. The Labute approximate surface area is 153 Å². The maximum absolute atomic E-state index is 11.2. The molecule has 26 heavy (non-hydrogen) atoms. The van der Waals surface area contributed by atoms with Crippen molar-refractivity contribution in [3.63, 3.8) is 0 Å². The Kier molecular flexibility index (Phi) is 4.82. The van der Waals surface area contributed by atoms with Crippen LogP contribution in [0.25, 0.3) is 0 Å². The number of methoxy groups -OCH3 is 1. The standard InChI is InChI=1S/C21H24O5/c1-24-10-11-25-13-26-21-17-8-4-2-6-14(17)19(16(12-22)20(21)23)15-7-3-5-9-18(15)21/h2-9,16,19-20,22-23H,10-13H2,1H3/t16-,19?,20-,21?/m0/s1. The average Bonchev–Trinajstić information content (AvgIpc) is 2.69. The highest BCUT2D eigenvalue weighted by molar-refractivity contribution is 5.59. The lowest BCUT2D eigenvalue weighted by Gasteiger charge is -2.55. The van der Waals surface area contributed by atoms with Crippen LogP contribution in [0.3, 0.4) is 0 Å². The van der Waals surface area contributed by atoms with Gasteiger partial charge in [-0.05, 0) is 22.3 Å². The largest absolute Gasteiger partial charge is 0.396 e. The van der Waals surface area contributed by atoms with Gasteiger partial charge in [-0.15, -0.1) is 0 Å². The highest BCUT2D eigenvalue weighted by atomic mass is 16.7. The zero-order valence-electron chi connectivity index (χ0n) is 14.8. The van der Waals surface area contributed by atoms with Crippen LogP contribution < -0.4 is 0 Å². The number of fused-ring (bicyclic) bond motifs is 1. The number of aliphatic hydroxyl groups excluding tert-OH is 2. The lowest BCUT2D eigenvalue weighted by atomic mass is 9.55. The highest BCUT2D eigenvalue weighted by Gasteiger charge is 2.59. The average molecular weight is 356 g/mol. The second-order valence-electron chi connectivity index (χ2n) is 6.84. The van der Waals surface area contributed by atoms with E-state index in [1.165, 1.54) is 0 Å². The first kappa shape index (κ1) is 17.6. The summed E-state index contributed by atoms with van der Waals surface area (Å²) in [5, 5.41) is 21.3. The van der Waals surface area contributed by atoms with Crippen LogP contribution >= 0.6 is 0 Å². The molecule has 0 spiro atoms. The molecule has 0 aromatic heterocycles.